The molecule has 1 atom stereocenters. The molecule has 5 rings (SSSR count). The Morgan fingerprint density at radius 1 is 1.16 bits per heavy atom. The number of carbonyl (C=O) groups is 1. The number of hydrogen-bond donors (Lipinski definition) is 1. The number of piperidine rings is 1. The third-order valence-corrected chi connectivity index (χ3v) is 7.21. The van der Waals surface area contributed by atoms with Gasteiger partial charge in [-0.3, -0.25) is 14.0 Å². The topological polar surface area (TPSA) is 91.8 Å². The third-order valence-electron chi connectivity index (χ3n) is 7.21. The molecule has 8 nitrogen and oxygen atoms in total. The minimum Gasteiger partial charge on any atom is -0.336 e. The Labute approximate surface area is 213 Å². The summed E-state index contributed by atoms with van der Waals surface area (Å²) >= 11 is 0. The van der Waals surface area contributed by atoms with Crippen LogP contribution in [-0.4, -0.2) is 56.3 Å². The number of fused-ring (bicyclic) bond motifs is 1. The van der Waals surface area contributed by atoms with Gasteiger partial charge in [0.05, 0.1) is 22.5 Å². The average molecular weight is 504 g/mol. The average Bonchev–Trinajstić information content (AvgIpc) is 3.38. The van der Waals surface area contributed by atoms with Crippen molar-refractivity contribution in [3.8, 4) is 23.1 Å². The van der Waals surface area contributed by atoms with E-state index in [1.807, 2.05) is 20.0 Å². The summed E-state index contributed by atoms with van der Waals surface area (Å²) in [6.07, 6.45) is 1.83. The molecule has 1 saturated heterocycles. The zero-order valence-electron chi connectivity index (χ0n) is 21.1. The van der Waals surface area contributed by atoms with E-state index in [1.165, 1.54) is 18.2 Å². The van der Waals surface area contributed by atoms with Crippen molar-refractivity contribution in [1.29, 1.82) is 5.26 Å². The number of carbonyl (C=O) groups excluding carboxylic acids is 1. The van der Waals surface area contributed by atoms with E-state index >= 15 is 4.39 Å². The van der Waals surface area contributed by atoms with E-state index < -0.39 is 11.6 Å². The minimum absolute atomic E-state index is 0.111. The first-order chi connectivity index (χ1) is 17.7. The second-order valence-corrected chi connectivity index (χ2v) is 9.42. The summed E-state index contributed by atoms with van der Waals surface area (Å²) in [6, 6.07) is 9.11. The van der Waals surface area contributed by atoms with Crippen LogP contribution in [0.4, 0.5) is 8.78 Å². The van der Waals surface area contributed by atoms with Crippen LogP contribution >= 0.6 is 0 Å². The van der Waals surface area contributed by atoms with Crippen LogP contribution in [0.5, 0.6) is 0 Å². The number of rotatable bonds is 4. The SMILES string of the molecule is CN[C@H]1CCCN(C(=O)c2nc(-c3ccc(C#N)c(F)c3)n(-c3cc4c(C)n(C)nc4cc3F)c2C)C1. The van der Waals surface area contributed by atoms with Gasteiger partial charge < -0.3 is 10.2 Å². The molecule has 0 spiro atoms. The second kappa shape index (κ2) is 9.41. The molecule has 190 valence electrons. The van der Waals surface area contributed by atoms with Gasteiger partial charge in [0.1, 0.15) is 29.2 Å². The van der Waals surface area contributed by atoms with Gasteiger partial charge in [-0.2, -0.15) is 10.4 Å². The van der Waals surface area contributed by atoms with E-state index in [4.69, 9.17) is 5.26 Å². The van der Waals surface area contributed by atoms with Crippen LogP contribution in [0, 0.1) is 36.8 Å². The molecular weight excluding hydrogens is 476 g/mol. The van der Waals surface area contributed by atoms with Gasteiger partial charge in [-0.05, 0) is 58.0 Å². The molecule has 3 heterocycles. The van der Waals surface area contributed by atoms with Crippen molar-refractivity contribution in [3.05, 3.63) is 64.6 Å². The number of likely N-dealkylation sites (N-methyl/N-ethyl adjacent to an activating group) is 1. The fraction of sp³-hybridized carbons (Fsp3) is 0.333. The van der Waals surface area contributed by atoms with Gasteiger partial charge in [-0.25, -0.2) is 13.8 Å². The van der Waals surface area contributed by atoms with E-state index in [0.29, 0.717) is 29.9 Å². The summed E-state index contributed by atoms with van der Waals surface area (Å²) in [5, 5.41) is 17.5. The fourth-order valence-electron chi connectivity index (χ4n) is 4.99. The maximum absolute atomic E-state index is 15.6. The Kier molecular flexibility index (Phi) is 6.25. The zero-order chi connectivity index (χ0) is 26.4. The molecule has 4 aromatic rings. The maximum atomic E-state index is 15.6. The highest BCUT2D eigenvalue weighted by Gasteiger charge is 2.30. The number of amides is 1. The molecule has 1 aliphatic rings. The molecule has 1 aliphatic heterocycles. The van der Waals surface area contributed by atoms with Crippen LogP contribution in [0.15, 0.2) is 30.3 Å². The Balaban J connectivity index is 1.72. The molecule has 10 heteroatoms. The van der Waals surface area contributed by atoms with E-state index in [2.05, 4.69) is 15.4 Å². The highest BCUT2D eigenvalue weighted by atomic mass is 19.1. The summed E-state index contributed by atoms with van der Waals surface area (Å²) in [4.78, 5) is 20.0. The number of imidazole rings is 1. The molecule has 2 aromatic heterocycles. The number of hydrogen-bond acceptors (Lipinski definition) is 5. The Morgan fingerprint density at radius 2 is 1.95 bits per heavy atom. The van der Waals surface area contributed by atoms with Crippen molar-refractivity contribution in [2.24, 2.45) is 7.05 Å². The van der Waals surface area contributed by atoms with Gasteiger partial charge in [0.15, 0.2) is 0 Å². The quantitative estimate of drug-likeness (QED) is 0.454. The fourth-order valence-corrected chi connectivity index (χ4v) is 4.99. The molecule has 37 heavy (non-hydrogen) atoms. The second-order valence-electron chi connectivity index (χ2n) is 9.42. The number of aromatic nitrogens is 4. The lowest BCUT2D eigenvalue weighted by Crippen LogP contribution is -2.47. The number of nitriles is 1. The predicted octanol–water partition coefficient (Wildman–Crippen LogP) is 4.02. The van der Waals surface area contributed by atoms with E-state index in [0.717, 1.165) is 23.9 Å². The molecule has 1 amide bonds. The summed E-state index contributed by atoms with van der Waals surface area (Å²) in [6.45, 7) is 4.73. The van der Waals surface area contributed by atoms with Crippen LogP contribution in [-0.2, 0) is 7.05 Å². The van der Waals surface area contributed by atoms with Crippen LogP contribution in [0.25, 0.3) is 28.0 Å². The Morgan fingerprint density at radius 3 is 2.65 bits per heavy atom. The van der Waals surface area contributed by atoms with Gasteiger partial charge in [0.2, 0.25) is 0 Å². The first-order valence-electron chi connectivity index (χ1n) is 12.1. The number of likely N-dealkylation sites (tertiary alicyclic amines) is 1. The number of halogens is 2. The van der Waals surface area contributed by atoms with Crippen molar-refractivity contribution in [2.75, 3.05) is 20.1 Å². The Bertz CT molecular complexity index is 1580. The van der Waals surface area contributed by atoms with Crippen molar-refractivity contribution < 1.29 is 13.6 Å². The summed E-state index contributed by atoms with van der Waals surface area (Å²) in [5.74, 6) is -1.31. The molecule has 2 aromatic carbocycles. The molecule has 0 bridgehead atoms. The molecule has 0 unspecified atom stereocenters. The molecule has 0 radical (unpaired) electrons. The molecule has 1 N–H and O–H groups in total. The van der Waals surface area contributed by atoms with Gasteiger partial charge >= 0.3 is 0 Å². The number of nitrogens with one attached hydrogen (secondary N) is 1. The van der Waals surface area contributed by atoms with Crippen LogP contribution in [0.1, 0.15) is 40.3 Å². The van der Waals surface area contributed by atoms with Gasteiger partial charge in [0.25, 0.3) is 5.91 Å². The first kappa shape index (κ1) is 24.6. The number of benzene rings is 2. The van der Waals surface area contributed by atoms with Gasteiger partial charge in [-0.1, -0.05) is 0 Å². The van der Waals surface area contributed by atoms with Crippen molar-refractivity contribution in [2.45, 2.75) is 32.7 Å². The third kappa shape index (κ3) is 4.15. The van der Waals surface area contributed by atoms with Crippen LogP contribution < -0.4 is 5.32 Å². The van der Waals surface area contributed by atoms with Crippen molar-refractivity contribution in [1.82, 2.24) is 29.5 Å². The minimum atomic E-state index is -0.716. The van der Waals surface area contributed by atoms with Crippen LogP contribution in [0.2, 0.25) is 0 Å². The predicted molar refractivity (Wildman–Crippen MR) is 135 cm³/mol. The summed E-state index contributed by atoms with van der Waals surface area (Å²) in [7, 11) is 3.66. The van der Waals surface area contributed by atoms with E-state index in [1.54, 1.807) is 40.3 Å². The lowest BCUT2D eigenvalue weighted by Gasteiger charge is -2.32. The van der Waals surface area contributed by atoms with Crippen molar-refractivity contribution >= 4 is 16.8 Å². The normalized spacial score (nSPS) is 15.8. The summed E-state index contributed by atoms with van der Waals surface area (Å²) in [5.41, 5.74) is 2.37. The van der Waals surface area contributed by atoms with Crippen LogP contribution in [0.3, 0.4) is 0 Å². The number of nitrogens with zero attached hydrogens (tertiary/aromatic N) is 6. The first-order valence-corrected chi connectivity index (χ1v) is 12.1. The number of aryl methyl sites for hydroxylation is 2. The smallest absolute Gasteiger partial charge is 0.274 e. The highest BCUT2D eigenvalue weighted by molar-refractivity contribution is 5.95. The molecule has 0 aliphatic carbocycles. The highest BCUT2D eigenvalue weighted by Crippen LogP contribution is 2.32. The lowest BCUT2D eigenvalue weighted by molar-refractivity contribution is 0.0692. The van der Waals surface area contributed by atoms with Gasteiger partial charge in [-0.15, -0.1) is 0 Å². The monoisotopic (exact) mass is 503 g/mol. The Hall–Kier alpha value is -4.10. The summed E-state index contributed by atoms with van der Waals surface area (Å²) < 4.78 is 33.4. The molecule has 1 fully saturated rings. The largest absolute Gasteiger partial charge is 0.336 e. The molecule has 0 saturated carbocycles. The maximum Gasteiger partial charge on any atom is 0.274 e. The van der Waals surface area contributed by atoms with E-state index in [9.17, 15) is 9.18 Å². The van der Waals surface area contributed by atoms with E-state index in [-0.39, 0.29) is 34.7 Å². The lowest BCUT2D eigenvalue weighted by atomic mass is 10.1. The van der Waals surface area contributed by atoms with Crippen molar-refractivity contribution in [3.63, 3.8) is 0 Å². The van der Waals surface area contributed by atoms with Gasteiger partial charge in [0, 0.05) is 48.9 Å². The zero-order valence-corrected chi connectivity index (χ0v) is 21.1. The molecular formula is C27H27F2N7O. The standard InChI is InChI=1S/C27H27F2N7O/c1-15-20-11-24(22(29)12-23(20)33-34(15)4)36-16(2)25(27(37)35-9-5-6-19(14-35)31-3)32-26(36)17-7-8-18(13-30)21(28)10-17/h7-8,10-12,19,31H,5-6,9,14H2,1-4H3/t19-/m0/s1.